The maximum Gasteiger partial charge on any atom is 0.410 e. The quantitative estimate of drug-likeness (QED) is 0.781. The standard InChI is InChI=1S/C13H15NO3/c15-13(14-7-12-6-11(14)9-16-12)17-8-10-4-2-1-3-5-10/h1-5,11-12H,6-9H2/t11-,12+/m0/s1. The number of hydrogen-bond donors (Lipinski definition) is 0. The third-order valence-corrected chi connectivity index (χ3v) is 3.34. The summed E-state index contributed by atoms with van der Waals surface area (Å²) in [5.74, 6) is 0. The molecule has 0 aromatic heterocycles. The van der Waals surface area contributed by atoms with Crippen LogP contribution in [0.25, 0.3) is 0 Å². The van der Waals surface area contributed by atoms with E-state index in [9.17, 15) is 4.79 Å². The number of carbonyl (C=O) groups is 1. The zero-order valence-electron chi connectivity index (χ0n) is 9.54. The number of nitrogens with zero attached hydrogens (tertiary/aromatic N) is 1. The number of fused-ring (bicyclic) bond motifs is 2. The topological polar surface area (TPSA) is 38.8 Å². The summed E-state index contributed by atoms with van der Waals surface area (Å²) in [6, 6.07) is 9.95. The van der Waals surface area contributed by atoms with Gasteiger partial charge < -0.3 is 14.4 Å². The Hall–Kier alpha value is -1.55. The molecule has 2 bridgehead atoms. The molecule has 0 radical (unpaired) electrons. The largest absolute Gasteiger partial charge is 0.445 e. The number of rotatable bonds is 2. The predicted molar refractivity (Wildman–Crippen MR) is 61.5 cm³/mol. The Morgan fingerprint density at radius 2 is 2.24 bits per heavy atom. The summed E-state index contributed by atoms with van der Waals surface area (Å²) in [7, 11) is 0. The van der Waals surface area contributed by atoms with E-state index in [1.165, 1.54) is 0 Å². The molecule has 0 unspecified atom stereocenters. The molecule has 1 aromatic rings. The van der Waals surface area contributed by atoms with Gasteiger partial charge in [0.25, 0.3) is 0 Å². The lowest BCUT2D eigenvalue weighted by Gasteiger charge is -2.25. The van der Waals surface area contributed by atoms with Crippen LogP contribution in [0.4, 0.5) is 4.79 Å². The van der Waals surface area contributed by atoms with Gasteiger partial charge in [0.1, 0.15) is 6.61 Å². The van der Waals surface area contributed by atoms with E-state index in [2.05, 4.69) is 0 Å². The van der Waals surface area contributed by atoms with Crippen molar-refractivity contribution < 1.29 is 14.3 Å². The lowest BCUT2D eigenvalue weighted by molar-refractivity contribution is 0.0203. The minimum Gasteiger partial charge on any atom is -0.445 e. The third-order valence-electron chi connectivity index (χ3n) is 3.34. The van der Waals surface area contributed by atoms with Crippen molar-refractivity contribution in [2.75, 3.05) is 13.2 Å². The van der Waals surface area contributed by atoms with Crippen molar-refractivity contribution in [3.8, 4) is 0 Å². The van der Waals surface area contributed by atoms with Gasteiger partial charge in [0.2, 0.25) is 0 Å². The van der Waals surface area contributed by atoms with E-state index < -0.39 is 0 Å². The molecule has 17 heavy (non-hydrogen) atoms. The zero-order valence-corrected chi connectivity index (χ0v) is 9.54. The van der Waals surface area contributed by atoms with Crippen LogP contribution in [0, 0.1) is 0 Å². The van der Waals surface area contributed by atoms with Gasteiger partial charge in [-0.3, -0.25) is 0 Å². The Morgan fingerprint density at radius 1 is 1.41 bits per heavy atom. The Bertz CT molecular complexity index is 406. The van der Waals surface area contributed by atoms with Crippen LogP contribution in [0.3, 0.4) is 0 Å². The summed E-state index contributed by atoms with van der Waals surface area (Å²) < 4.78 is 10.7. The van der Waals surface area contributed by atoms with Gasteiger partial charge in [0, 0.05) is 0 Å². The van der Waals surface area contributed by atoms with E-state index >= 15 is 0 Å². The summed E-state index contributed by atoms with van der Waals surface area (Å²) in [5.41, 5.74) is 1.02. The van der Waals surface area contributed by atoms with Crippen LogP contribution in [-0.4, -0.2) is 36.3 Å². The van der Waals surface area contributed by atoms with E-state index in [1.807, 2.05) is 30.3 Å². The molecule has 1 aromatic carbocycles. The summed E-state index contributed by atoms with van der Waals surface area (Å²) in [6.07, 6.45) is 0.967. The smallest absolute Gasteiger partial charge is 0.410 e. The van der Waals surface area contributed by atoms with Crippen molar-refractivity contribution in [1.82, 2.24) is 4.90 Å². The molecule has 2 aliphatic rings. The fourth-order valence-corrected chi connectivity index (χ4v) is 2.43. The summed E-state index contributed by atoms with van der Waals surface area (Å²) >= 11 is 0. The van der Waals surface area contributed by atoms with Crippen molar-refractivity contribution >= 4 is 6.09 Å². The molecular weight excluding hydrogens is 218 g/mol. The zero-order chi connectivity index (χ0) is 11.7. The number of hydrogen-bond acceptors (Lipinski definition) is 3. The highest BCUT2D eigenvalue weighted by molar-refractivity contribution is 5.68. The molecule has 2 fully saturated rings. The first kappa shape index (κ1) is 10.6. The lowest BCUT2D eigenvalue weighted by atomic mass is 10.2. The number of ether oxygens (including phenoxy) is 2. The SMILES string of the molecule is O=C(OCc1ccccc1)N1C[C@H]2C[C@H]1CO2. The van der Waals surface area contributed by atoms with Crippen LogP contribution in [0.5, 0.6) is 0 Å². The second kappa shape index (κ2) is 4.37. The Balaban J connectivity index is 1.54. The van der Waals surface area contributed by atoms with Crippen molar-refractivity contribution in [1.29, 1.82) is 0 Å². The van der Waals surface area contributed by atoms with Crippen LogP contribution in [0.2, 0.25) is 0 Å². The lowest BCUT2D eigenvalue weighted by Crippen LogP contribution is -2.41. The van der Waals surface area contributed by atoms with Gasteiger partial charge in [0.15, 0.2) is 0 Å². The summed E-state index contributed by atoms with van der Waals surface area (Å²) in [4.78, 5) is 13.6. The summed E-state index contributed by atoms with van der Waals surface area (Å²) in [6.45, 7) is 1.68. The van der Waals surface area contributed by atoms with E-state index in [0.717, 1.165) is 12.0 Å². The van der Waals surface area contributed by atoms with Crippen molar-refractivity contribution in [2.24, 2.45) is 0 Å². The average molecular weight is 233 g/mol. The Labute approximate surface area is 100 Å². The maximum atomic E-state index is 11.9. The van der Waals surface area contributed by atoms with Crippen LogP contribution in [0.1, 0.15) is 12.0 Å². The molecule has 0 N–H and O–H groups in total. The number of carbonyl (C=O) groups excluding carboxylic acids is 1. The Kier molecular flexibility index (Phi) is 2.73. The van der Waals surface area contributed by atoms with Gasteiger partial charge in [-0.05, 0) is 12.0 Å². The third kappa shape index (κ3) is 2.13. The first-order valence-corrected chi connectivity index (χ1v) is 5.92. The molecule has 2 atom stereocenters. The molecule has 1 amide bonds. The molecule has 4 nitrogen and oxygen atoms in total. The van der Waals surface area contributed by atoms with E-state index in [0.29, 0.717) is 19.8 Å². The number of amides is 1. The van der Waals surface area contributed by atoms with Crippen LogP contribution in [-0.2, 0) is 16.1 Å². The van der Waals surface area contributed by atoms with Gasteiger partial charge in [-0.2, -0.15) is 0 Å². The van der Waals surface area contributed by atoms with Crippen molar-refractivity contribution in [2.45, 2.75) is 25.2 Å². The molecule has 2 saturated heterocycles. The van der Waals surface area contributed by atoms with Gasteiger partial charge in [0.05, 0.1) is 25.3 Å². The second-order valence-corrected chi connectivity index (χ2v) is 4.54. The monoisotopic (exact) mass is 233 g/mol. The minimum atomic E-state index is -0.218. The van der Waals surface area contributed by atoms with Crippen molar-refractivity contribution in [3.05, 3.63) is 35.9 Å². The van der Waals surface area contributed by atoms with Gasteiger partial charge in [-0.15, -0.1) is 0 Å². The normalized spacial score (nSPS) is 26.2. The van der Waals surface area contributed by atoms with Gasteiger partial charge >= 0.3 is 6.09 Å². The van der Waals surface area contributed by atoms with E-state index in [-0.39, 0.29) is 18.2 Å². The van der Waals surface area contributed by atoms with E-state index in [1.54, 1.807) is 4.90 Å². The first-order chi connectivity index (χ1) is 8.33. The number of likely N-dealkylation sites (tertiary alicyclic amines) is 1. The average Bonchev–Trinajstić information content (AvgIpc) is 2.99. The fraction of sp³-hybridized carbons (Fsp3) is 0.462. The molecule has 0 spiro atoms. The molecule has 2 aliphatic heterocycles. The molecule has 90 valence electrons. The van der Waals surface area contributed by atoms with Crippen LogP contribution >= 0.6 is 0 Å². The van der Waals surface area contributed by atoms with Crippen LogP contribution in [0.15, 0.2) is 30.3 Å². The predicted octanol–water partition coefficient (Wildman–Crippen LogP) is 1.80. The second-order valence-electron chi connectivity index (χ2n) is 4.54. The minimum absolute atomic E-state index is 0.218. The highest BCUT2D eigenvalue weighted by Crippen LogP contribution is 2.28. The van der Waals surface area contributed by atoms with Gasteiger partial charge in [-0.25, -0.2) is 4.79 Å². The summed E-state index contributed by atoms with van der Waals surface area (Å²) in [5, 5.41) is 0. The molecule has 2 heterocycles. The number of benzene rings is 1. The molecule has 0 saturated carbocycles. The molecule has 3 rings (SSSR count). The molecule has 4 heteroatoms. The highest BCUT2D eigenvalue weighted by atomic mass is 16.6. The van der Waals surface area contributed by atoms with Crippen LogP contribution < -0.4 is 0 Å². The van der Waals surface area contributed by atoms with Crippen molar-refractivity contribution in [3.63, 3.8) is 0 Å². The fourth-order valence-electron chi connectivity index (χ4n) is 2.43. The Morgan fingerprint density at radius 3 is 2.88 bits per heavy atom. The van der Waals surface area contributed by atoms with Gasteiger partial charge in [-0.1, -0.05) is 30.3 Å². The first-order valence-electron chi connectivity index (χ1n) is 5.92. The van der Waals surface area contributed by atoms with E-state index in [4.69, 9.17) is 9.47 Å². The molecule has 0 aliphatic carbocycles. The number of morpholine rings is 1. The highest BCUT2D eigenvalue weighted by Gasteiger charge is 2.42. The maximum absolute atomic E-state index is 11.9. The molecular formula is C13H15NO3.